The van der Waals surface area contributed by atoms with Gasteiger partial charge in [-0.05, 0) is 58.8 Å². The van der Waals surface area contributed by atoms with E-state index < -0.39 is 0 Å². The third-order valence-corrected chi connectivity index (χ3v) is 4.74. The molecule has 130 valence electrons. The maximum Gasteiger partial charge on any atom is 0.149 e. The van der Waals surface area contributed by atoms with Crippen LogP contribution in [0.5, 0.6) is 5.75 Å². The van der Waals surface area contributed by atoms with E-state index in [1.54, 1.807) is 12.2 Å². The molecule has 1 aromatic heterocycles. The van der Waals surface area contributed by atoms with Crippen LogP contribution < -0.4 is 4.74 Å². The molecule has 0 aliphatic heterocycles. The van der Waals surface area contributed by atoms with Crippen LogP contribution in [0.2, 0.25) is 0 Å². The average Bonchev–Trinajstić information content (AvgIpc) is 3.01. The van der Waals surface area contributed by atoms with E-state index in [1.165, 1.54) is 0 Å². The summed E-state index contributed by atoms with van der Waals surface area (Å²) in [6.07, 6.45) is 3.44. The van der Waals surface area contributed by atoms with Crippen molar-refractivity contribution in [3.8, 4) is 11.8 Å². The number of aromatic nitrogens is 2. The van der Waals surface area contributed by atoms with Crippen LogP contribution in [0.15, 0.2) is 51.9 Å². The molecule has 0 spiro atoms. The van der Waals surface area contributed by atoms with Crippen molar-refractivity contribution in [2.75, 3.05) is 6.61 Å². The van der Waals surface area contributed by atoms with Crippen molar-refractivity contribution >= 4 is 54.5 Å². The predicted molar refractivity (Wildman–Crippen MR) is 112 cm³/mol. The molecular formula is C20H15Br2N3O. The number of nitrogens with one attached hydrogen (secondary N) is 1. The molecule has 0 aliphatic rings. The first-order valence-corrected chi connectivity index (χ1v) is 9.41. The third kappa shape index (κ3) is 3.90. The number of nitriles is 1. The fourth-order valence-corrected chi connectivity index (χ4v) is 3.91. The zero-order valence-electron chi connectivity index (χ0n) is 14.0. The van der Waals surface area contributed by atoms with E-state index in [0.29, 0.717) is 23.8 Å². The Morgan fingerprint density at radius 1 is 1.35 bits per heavy atom. The molecule has 26 heavy (non-hydrogen) atoms. The summed E-state index contributed by atoms with van der Waals surface area (Å²) in [5.41, 5.74) is 4.05. The monoisotopic (exact) mass is 471 g/mol. The Morgan fingerprint density at radius 3 is 2.88 bits per heavy atom. The second-order valence-corrected chi connectivity index (χ2v) is 7.45. The normalized spacial score (nSPS) is 11.4. The van der Waals surface area contributed by atoms with Gasteiger partial charge in [-0.3, -0.25) is 0 Å². The Balaban J connectivity index is 2.11. The van der Waals surface area contributed by atoms with Gasteiger partial charge in [0.2, 0.25) is 0 Å². The van der Waals surface area contributed by atoms with E-state index in [0.717, 1.165) is 31.1 Å². The minimum Gasteiger partial charge on any atom is -0.488 e. The first-order chi connectivity index (χ1) is 12.5. The molecule has 0 saturated heterocycles. The quantitative estimate of drug-likeness (QED) is 0.364. The molecule has 3 rings (SSSR count). The zero-order valence-corrected chi connectivity index (χ0v) is 17.2. The Kier molecular flexibility index (Phi) is 5.60. The summed E-state index contributed by atoms with van der Waals surface area (Å²) < 4.78 is 7.42. The standard InChI is InChI=1S/C20H15Br2N3O/c1-3-6-26-19-13(9-15(21)10-16(19)22)8-14(11-23)20-24-17-5-4-12(2)7-18(17)25-20/h3-5,7-10H,1,6H2,2H3,(H,24,25)/b14-8+. The lowest BCUT2D eigenvalue weighted by atomic mass is 10.1. The molecule has 0 unspecified atom stereocenters. The van der Waals surface area contributed by atoms with Crippen LogP contribution in [0.25, 0.3) is 22.7 Å². The summed E-state index contributed by atoms with van der Waals surface area (Å²) in [4.78, 5) is 7.75. The second kappa shape index (κ2) is 7.90. The van der Waals surface area contributed by atoms with E-state index in [2.05, 4.69) is 54.5 Å². The number of fused-ring (bicyclic) bond motifs is 1. The molecule has 0 bridgehead atoms. The Hall–Kier alpha value is -2.36. The van der Waals surface area contributed by atoms with Gasteiger partial charge in [-0.15, -0.1) is 0 Å². The Morgan fingerprint density at radius 2 is 2.15 bits per heavy atom. The summed E-state index contributed by atoms with van der Waals surface area (Å²) in [6, 6.07) is 12.0. The van der Waals surface area contributed by atoms with Crippen LogP contribution in [-0.2, 0) is 0 Å². The number of rotatable bonds is 5. The highest BCUT2D eigenvalue weighted by Gasteiger charge is 2.13. The summed E-state index contributed by atoms with van der Waals surface area (Å²) in [5.74, 6) is 1.17. The number of ether oxygens (including phenoxy) is 1. The fraction of sp³-hybridized carbons (Fsp3) is 0.100. The lowest BCUT2D eigenvalue weighted by molar-refractivity contribution is 0.360. The first-order valence-electron chi connectivity index (χ1n) is 7.83. The molecular weight excluding hydrogens is 458 g/mol. The summed E-state index contributed by atoms with van der Waals surface area (Å²) >= 11 is 6.99. The van der Waals surface area contributed by atoms with Crippen molar-refractivity contribution < 1.29 is 4.74 Å². The number of halogens is 2. The van der Waals surface area contributed by atoms with Crippen molar-refractivity contribution in [1.82, 2.24) is 9.97 Å². The molecule has 0 saturated carbocycles. The molecule has 2 aromatic carbocycles. The van der Waals surface area contributed by atoms with E-state index in [9.17, 15) is 5.26 Å². The number of allylic oxidation sites excluding steroid dienone is 1. The smallest absolute Gasteiger partial charge is 0.149 e. The van der Waals surface area contributed by atoms with E-state index in [4.69, 9.17) is 4.74 Å². The third-order valence-electron chi connectivity index (χ3n) is 3.70. The van der Waals surface area contributed by atoms with Crippen LogP contribution in [0.1, 0.15) is 17.0 Å². The average molecular weight is 473 g/mol. The number of nitrogens with zero attached hydrogens (tertiary/aromatic N) is 2. The largest absolute Gasteiger partial charge is 0.488 e. The van der Waals surface area contributed by atoms with Crippen molar-refractivity contribution in [1.29, 1.82) is 5.26 Å². The van der Waals surface area contributed by atoms with E-state index in [1.807, 2.05) is 37.3 Å². The van der Waals surface area contributed by atoms with Crippen LogP contribution >= 0.6 is 31.9 Å². The second-order valence-electron chi connectivity index (χ2n) is 5.68. The number of aromatic amines is 1. The Labute approximate surface area is 168 Å². The highest BCUT2D eigenvalue weighted by molar-refractivity contribution is 9.11. The van der Waals surface area contributed by atoms with Gasteiger partial charge in [0.15, 0.2) is 0 Å². The van der Waals surface area contributed by atoms with Gasteiger partial charge in [0.1, 0.15) is 24.3 Å². The molecule has 6 heteroatoms. The van der Waals surface area contributed by atoms with Crippen molar-refractivity contribution in [3.05, 3.63) is 68.9 Å². The highest BCUT2D eigenvalue weighted by Crippen LogP contribution is 2.35. The first kappa shape index (κ1) is 18.4. The van der Waals surface area contributed by atoms with Gasteiger partial charge in [0.05, 0.1) is 21.1 Å². The van der Waals surface area contributed by atoms with Crippen molar-refractivity contribution in [3.63, 3.8) is 0 Å². The topological polar surface area (TPSA) is 61.7 Å². The molecule has 4 nitrogen and oxygen atoms in total. The van der Waals surface area contributed by atoms with Gasteiger partial charge in [0, 0.05) is 10.0 Å². The van der Waals surface area contributed by atoms with Gasteiger partial charge in [0.25, 0.3) is 0 Å². The minimum atomic E-state index is 0.368. The lowest BCUT2D eigenvalue weighted by Gasteiger charge is -2.11. The van der Waals surface area contributed by atoms with Gasteiger partial charge >= 0.3 is 0 Å². The van der Waals surface area contributed by atoms with Crippen molar-refractivity contribution in [2.24, 2.45) is 0 Å². The van der Waals surface area contributed by atoms with Crippen LogP contribution in [0.3, 0.4) is 0 Å². The van der Waals surface area contributed by atoms with Crippen LogP contribution in [0, 0.1) is 18.3 Å². The predicted octanol–water partition coefficient (Wildman–Crippen LogP) is 6.03. The Bertz CT molecular complexity index is 1060. The lowest BCUT2D eigenvalue weighted by Crippen LogP contribution is -1.97. The molecule has 0 atom stereocenters. The molecule has 0 radical (unpaired) electrons. The number of hydrogen-bond donors (Lipinski definition) is 1. The van der Waals surface area contributed by atoms with Crippen molar-refractivity contribution in [2.45, 2.75) is 6.92 Å². The number of benzene rings is 2. The fourth-order valence-electron chi connectivity index (χ4n) is 2.54. The number of hydrogen-bond acceptors (Lipinski definition) is 3. The van der Waals surface area contributed by atoms with Gasteiger partial charge in [-0.25, -0.2) is 4.98 Å². The van der Waals surface area contributed by atoms with Gasteiger partial charge in [-0.2, -0.15) is 5.26 Å². The van der Waals surface area contributed by atoms with Gasteiger partial charge < -0.3 is 9.72 Å². The van der Waals surface area contributed by atoms with Gasteiger partial charge in [-0.1, -0.05) is 34.7 Å². The molecule has 0 aliphatic carbocycles. The minimum absolute atomic E-state index is 0.368. The maximum atomic E-state index is 9.67. The molecule has 0 amide bonds. The maximum absolute atomic E-state index is 9.67. The number of aryl methyl sites for hydroxylation is 1. The SMILES string of the molecule is C=CCOc1c(Br)cc(Br)cc1/C=C(\C#N)c1nc2ccc(C)cc2[nH]1. The zero-order chi connectivity index (χ0) is 18.7. The molecule has 1 N–H and O–H groups in total. The summed E-state index contributed by atoms with van der Waals surface area (Å²) in [5, 5.41) is 9.67. The summed E-state index contributed by atoms with van der Waals surface area (Å²) in [6.45, 7) is 6.06. The number of imidazole rings is 1. The summed E-state index contributed by atoms with van der Waals surface area (Å²) in [7, 11) is 0. The molecule has 0 fully saturated rings. The van der Waals surface area contributed by atoms with E-state index in [-0.39, 0.29) is 0 Å². The molecule has 1 heterocycles. The highest BCUT2D eigenvalue weighted by atomic mass is 79.9. The van der Waals surface area contributed by atoms with E-state index >= 15 is 0 Å². The van der Waals surface area contributed by atoms with Crippen LogP contribution in [-0.4, -0.2) is 16.6 Å². The number of H-pyrrole nitrogens is 1. The molecule has 3 aromatic rings. The van der Waals surface area contributed by atoms with Crippen LogP contribution in [0.4, 0.5) is 0 Å².